The van der Waals surface area contributed by atoms with Gasteiger partial charge in [0.2, 0.25) is 6.79 Å². The summed E-state index contributed by atoms with van der Waals surface area (Å²) in [4.78, 5) is 15.0. The molecule has 2 fully saturated rings. The first-order valence-corrected chi connectivity index (χ1v) is 11.5. The summed E-state index contributed by atoms with van der Waals surface area (Å²) in [7, 11) is 1.62. The van der Waals surface area contributed by atoms with E-state index in [9.17, 15) is 4.79 Å². The van der Waals surface area contributed by atoms with E-state index in [-0.39, 0.29) is 24.9 Å². The van der Waals surface area contributed by atoms with Crippen molar-refractivity contribution >= 4 is 5.91 Å². The number of methoxy groups -OCH3 is 1. The summed E-state index contributed by atoms with van der Waals surface area (Å²) >= 11 is 0. The fourth-order valence-corrected chi connectivity index (χ4v) is 4.43. The van der Waals surface area contributed by atoms with E-state index in [0.29, 0.717) is 60.6 Å². The lowest BCUT2D eigenvalue weighted by Crippen LogP contribution is -2.47. The van der Waals surface area contributed by atoms with Crippen LogP contribution >= 0.6 is 0 Å². The molecule has 8 nitrogen and oxygen atoms in total. The van der Waals surface area contributed by atoms with Gasteiger partial charge in [0.15, 0.2) is 23.0 Å². The van der Waals surface area contributed by atoms with Crippen LogP contribution < -0.4 is 23.7 Å². The zero-order valence-corrected chi connectivity index (χ0v) is 18.8. The SMILES string of the molecule is COc1ccc(C(=O)N2CCOC(COc3ccc4c(c3)OCO4)C2)cc1OC1CCCC1. The van der Waals surface area contributed by atoms with Crippen molar-refractivity contribution in [3.63, 3.8) is 0 Å². The molecular formula is C25H29NO7. The molecule has 0 N–H and O–H groups in total. The van der Waals surface area contributed by atoms with Crippen LogP contribution in [0.1, 0.15) is 36.0 Å². The number of rotatable bonds is 7. The van der Waals surface area contributed by atoms with Crippen LogP contribution in [0.3, 0.4) is 0 Å². The van der Waals surface area contributed by atoms with E-state index in [0.717, 1.165) is 12.8 Å². The summed E-state index contributed by atoms with van der Waals surface area (Å²) in [6.45, 7) is 2.00. The Hall–Kier alpha value is -3.13. The maximum atomic E-state index is 13.2. The Morgan fingerprint density at radius 3 is 2.76 bits per heavy atom. The molecule has 5 rings (SSSR count). The van der Waals surface area contributed by atoms with Crippen molar-refractivity contribution in [1.29, 1.82) is 0 Å². The van der Waals surface area contributed by atoms with Crippen molar-refractivity contribution in [3.05, 3.63) is 42.0 Å². The van der Waals surface area contributed by atoms with E-state index < -0.39 is 0 Å². The topological polar surface area (TPSA) is 75.7 Å². The van der Waals surface area contributed by atoms with Crippen molar-refractivity contribution in [2.75, 3.05) is 40.2 Å². The van der Waals surface area contributed by atoms with Gasteiger partial charge in [-0.1, -0.05) is 0 Å². The monoisotopic (exact) mass is 455 g/mol. The maximum Gasteiger partial charge on any atom is 0.254 e. The molecule has 2 aromatic carbocycles. The van der Waals surface area contributed by atoms with Gasteiger partial charge in [0.05, 0.1) is 26.4 Å². The van der Waals surface area contributed by atoms with Crippen molar-refractivity contribution in [3.8, 4) is 28.7 Å². The first kappa shape index (κ1) is 21.7. The second-order valence-corrected chi connectivity index (χ2v) is 8.46. The van der Waals surface area contributed by atoms with E-state index in [2.05, 4.69) is 0 Å². The first-order valence-electron chi connectivity index (χ1n) is 11.5. The van der Waals surface area contributed by atoms with Crippen LogP contribution in [0.5, 0.6) is 28.7 Å². The first-order chi connectivity index (χ1) is 16.2. The van der Waals surface area contributed by atoms with Gasteiger partial charge in [0.1, 0.15) is 18.5 Å². The third-order valence-electron chi connectivity index (χ3n) is 6.21. The van der Waals surface area contributed by atoms with Crippen LogP contribution in [-0.2, 0) is 4.74 Å². The van der Waals surface area contributed by atoms with Crippen molar-refractivity contribution in [1.82, 2.24) is 4.90 Å². The van der Waals surface area contributed by atoms with Crippen LogP contribution in [0.4, 0.5) is 0 Å². The summed E-state index contributed by atoms with van der Waals surface area (Å²) in [5, 5.41) is 0. The lowest BCUT2D eigenvalue weighted by Gasteiger charge is -2.33. The van der Waals surface area contributed by atoms with Crippen LogP contribution in [0.2, 0.25) is 0 Å². The van der Waals surface area contributed by atoms with Gasteiger partial charge in [-0.05, 0) is 56.0 Å². The van der Waals surface area contributed by atoms with Crippen LogP contribution in [0.25, 0.3) is 0 Å². The molecule has 1 aliphatic carbocycles. The smallest absolute Gasteiger partial charge is 0.254 e. The molecule has 0 aromatic heterocycles. The van der Waals surface area contributed by atoms with E-state index in [1.165, 1.54) is 12.8 Å². The molecule has 2 aliphatic heterocycles. The molecule has 2 aromatic rings. The molecule has 176 valence electrons. The number of hydrogen-bond donors (Lipinski definition) is 0. The normalized spacial score (nSPS) is 20.0. The molecule has 1 saturated heterocycles. The number of carbonyl (C=O) groups is 1. The average molecular weight is 456 g/mol. The number of benzene rings is 2. The summed E-state index contributed by atoms with van der Waals surface area (Å²) < 4.78 is 34.1. The zero-order chi connectivity index (χ0) is 22.6. The molecule has 3 aliphatic rings. The number of morpholine rings is 1. The number of nitrogens with zero attached hydrogens (tertiary/aromatic N) is 1. The fraction of sp³-hybridized carbons (Fsp3) is 0.480. The second kappa shape index (κ2) is 9.79. The van der Waals surface area contributed by atoms with E-state index in [4.69, 9.17) is 28.4 Å². The van der Waals surface area contributed by atoms with Gasteiger partial charge in [-0.25, -0.2) is 0 Å². The van der Waals surface area contributed by atoms with Gasteiger partial charge in [0, 0.05) is 18.2 Å². The predicted octanol–water partition coefficient (Wildman–Crippen LogP) is 3.67. The number of fused-ring (bicyclic) bond motifs is 1. The molecular weight excluding hydrogens is 426 g/mol. The predicted molar refractivity (Wildman–Crippen MR) is 120 cm³/mol. The summed E-state index contributed by atoms with van der Waals surface area (Å²) in [5.41, 5.74) is 0.584. The highest BCUT2D eigenvalue weighted by molar-refractivity contribution is 5.95. The molecule has 2 heterocycles. The summed E-state index contributed by atoms with van der Waals surface area (Å²) in [6, 6.07) is 10.9. The zero-order valence-electron chi connectivity index (χ0n) is 18.8. The van der Waals surface area contributed by atoms with Gasteiger partial charge >= 0.3 is 0 Å². The highest BCUT2D eigenvalue weighted by atomic mass is 16.7. The quantitative estimate of drug-likeness (QED) is 0.631. The van der Waals surface area contributed by atoms with E-state index >= 15 is 0 Å². The highest BCUT2D eigenvalue weighted by Crippen LogP contribution is 2.35. The largest absolute Gasteiger partial charge is 0.493 e. The Morgan fingerprint density at radius 1 is 1.06 bits per heavy atom. The van der Waals surface area contributed by atoms with Crippen molar-refractivity contribution < 1.29 is 33.2 Å². The molecule has 0 radical (unpaired) electrons. The molecule has 33 heavy (non-hydrogen) atoms. The summed E-state index contributed by atoms with van der Waals surface area (Å²) in [5.74, 6) is 3.29. The average Bonchev–Trinajstić information content (AvgIpc) is 3.54. The lowest BCUT2D eigenvalue weighted by molar-refractivity contribution is -0.0401. The fourth-order valence-electron chi connectivity index (χ4n) is 4.43. The minimum atomic E-state index is -0.222. The standard InChI is InChI=1S/C25H29NO7/c1-28-21-8-6-17(12-24(21)33-18-4-2-3-5-18)25(27)26-10-11-29-20(14-26)15-30-19-7-9-22-23(13-19)32-16-31-22/h6-9,12-13,18,20H,2-5,10-11,14-16H2,1H3. The third kappa shape index (κ3) is 4.95. The Morgan fingerprint density at radius 2 is 1.91 bits per heavy atom. The Labute approximate surface area is 193 Å². The molecule has 1 saturated carbocycles. The minimum absolute atomic E-state index is 0.0506. The Bertz CT molecular complexity index is 989. The van der Waals surface area contributed by atoms with E-state index in [1.54, 1.807) is 36.3 Å². The molecule has 0 bridgehead atoms. The molecule has 1 unspecified atom stereocenters. The van der Waals surface area contributed by atoms with Crippen LogP contribution in [0.15, 0.2) is 36.4 Å². The van der Waals surface area contributed by atoms with Crippen molar-refractivity contribution in [2.24, 2.45) is 0 Å². The number of carbonyl (C=O) groups excluding carboxylic acids is 1. The lowest BCUT2D eigenvalue weighted by atomic mass is 10.1. The van der Waals surface area contributed by atoms with Crippen molar-refractivity contribution in [2.45, 2.75) is 37.9 Å². The van der Waals surface area contributed by atoms with Gasteiger partial charge in [0.25, 0.3) is 5.91 Å². The van der Waals surface area contributed by atoms with Crippen LogP contribution in [-0.4, -0.2) is 63.2 Å². The van der Waals surface area contributed by atoms with Gasteiger partial charge < -0.3 is 33.3 Å². The summed E-state index contributed by atoms with van der Waals surface area (Å²) in [6.07, 6.45) is 4.39. The third-order valence-corrected chi connectivity index (χ3v) is 6.21. The molecule has 0 spiro atoms. The number of hydrogen-bond acceptors (Lipinski definition) is 7. The Kier molecular flexibility index (Phi) is 6.44. The second-order valence-electron chi connectivity index (χ2n) is 8.46. The van der Waals surface area contributed by atoms with E-state index in [1.807, 2.05) is 12.1 Å². The maximum absolute atomic E-state index is 13.2. The highest BCUT2D eigenvalue weighted by Gasteiger charge is 2.27. The van der Waals surface area contributed by atoms with Gasteiger partial charge in [-0.2, -0.15) is 0 Å². The molecule has 1 amide bonds. The number of amides is 1. The van der Waals surface area contributed by atoms with Gasteiger partial charge in [-0.3, -0.25) is 4.79 Å². The minimum Gasteiger partial charge on any atom is -0.493 e. The molecule has 1 atom stereocenters. The Balaban J connectivity index is 1.21. The molecule has 8 heteroatoms. The van der Waals surface area contributed by atoms with Crippen LogP contribution in [0, 0.1) is 0 Å². The number of ether oxygens (including phenoxy) is 6. The van der Waals surface area contributed by atoms with Gasteiger partial charge in [-0.15, -0.1) is 0 Å².